The summed E-state index contributed by atoms with van der Waals surface area (Å²) >= 11 is 0. The zero-order chi connectivity index (χ0) is 23.1. The predicted molar refractivity (Wildman–Crippen MR) is 127 cm³/mol. The van der Waals surface area contributed by atoms with Gasteiger partial charge in [-0.2, -0.15) is 0 Å². The molecular formula is C25H44O4Si. The summed E-state index contributed by atoms with van der Waals surface area (Å²) < 4.78 is 18.5. The van der Waals surface area contributed by atoms with Crippen molar-refractivity contribution in [3.63, 3.8) is 0 Å². The van der Waals surface area contributed by atoms with Gasteiger partial charge in [-0.15, -0.1) is 0 Å². The van der Waals surface area contributed by atoms with E-state index in [-0.39, 0.29) is 29.1 Å². The lowest BCUT2D eigenvalue weighted by molar-refractivity contribution is -0.121. The maximum Gasteiger partial charge on any atom is 0.192 e. The van der Waals surface area contributed by atoms with Crippen LogP contribution in [0.1, 0.15) is 60.5 Å². The molecule has 0 aliphatic carbocycles. The highest BCUT2D eigenvalue weighted by molar-refractivity contribution is 6.74. The molecule has 0 radical (unpaired) electrons. The second-order valence-electron chi connectivity index (χ2n) is 10.2. The lowest BCUT2D eigenvalue weighted by Gasteiger charge is -2.44. The second-order valence-corrected chi connectivity index (χ2v) is 15.0. The molecule has 0 saturated heterocycles. The van der Waals surface area contributed by atoms with Crippen LogP contribution < -0.4 is 4.74 Å². The Morgan fingerprint density at radius 2 is 1.60 bits per heavy atom. The molecule has 30 heavy (non-hydrogen) atoms. The average molecular weight is 437 g/mol. The van der Waals surface area contributed by atoms with Crippen LogP contribution in [-0.4, -0.2) is 33.9 Å². The quantitative estimate of drug-likeness (QED) is 0.277. The summed E-state index contributed by atoms with van der Waals surface area (Å²) in [5.74, 6) is 1.12. The van der Waals surface area contributed by atoms with Crippen LogP contribution in [-0.2, 0) is 20.6 Å². The number of benzene rings is 1. The Kier molecular flexibility index (Phi) is 10.2. The molecule has 1 aromatic carbocycles. The first-order valence-electron chi connectivity index (χ1n) is 11.3. The van der Waals surface area contributed by atoms with Crippen molar-refractivity contribution in [1.29, 1.82) is 0 Å². The number of hydrogen-bond donors (Lipinski definition) is 0. The van der Waals surface area contributed by atoms with Gasteiger partial charge in [-0.05, 0) is 41.7 Å². The molecule has 5 atom stereocenters. The number of ether oxygens (including phenoxy) is 2. The molecule has 4 nitrogen and oxygen atoms in total. The molecule has 0 aliphatic heterocycles. The smallest absolute Gasteiger partial charge is 0.192 e. The average Bonchev–Trinajstić information content (AvgIpc) is 2.70. The lowest BCUT2D eigenvalue weighted by atomic mass is 9.83. The normalized spacial score (nSPS) is 17.7. The summed E-state index contributed by atoms with van der Waals surface area (Å²) in [6.45, 7) is 20.4. The molecule has 0 saturated carbocycles. The number of rotatable bonds is 12. The third-order valence-corrected chi connectivity index (χ3v) is 11.3. The number of aldehydes is 1. The van der Waals surface area contributed by atoms with Gasteiger partial charge in [0.05, 0.1) is 25.9 Å². The lowest BCUT2D eigenvalue weighted by Crippen LogP contribution is -2.50. The molecule has 0 aromatic heterocycles. The van der Waals surface area contributed by atoms with E-state index < -0.39 is 8.32 Å². The Hall–Kier alpha value is -1.17. The van der Waals surface area contributed by atoms with Crippen molar-refractivity contribution in [1.82, 2.24) is 0 Å². The van der Waals surface area contributed by atoms with E-state index in [0.29, 0.717) is 12.5 Å². The Bertz CT molecular complexity index is 636. The summed E-state index contributed by atoms with van der Waals surface area (Å²) in [7, 11) is -0.297. The van der Waals surface area contributed by atoms with E-state index in [1.54, 1.807) is 7.11 Å². The maximum atomic E-state index is 11.7. The van der Waals surface area contributed by atoms with Crippen LogP contribution in [0.5, 0.6) is 5.75 Å². The molecule has 5 heteroatoms. The molecule has 0 aliphatic rings. The maximum absolute atomic E-state index is 11.7. The molecule has 0 heterocycles. The fourth-order valence-electron chi connectivity index (χ4n) is 3.45. The SMILES string of the molecule is CC[C@H](C)[C@@H](O[Si](C)(C)C(C)(C)C)[C@H](C)[C@H](OCc1ccc(OC)cc1)[C@H](C)C=O. The first kappa shape index (κ1) is 26.9. The van der Waals surface area contributed by atoms with E-state index in [2.05, 4.69) is 54.6 Å². The van der Waals surface area contributed by atoms with Crippen molar-refractivity contribution in [2.75, 3.05) is 7.11 Å². The van der Waals surface area contributed by atoms with Gasteiger partial charge in [0.15, 0.2) is 8.32 Å². The van der Waals surface area contributed by atoms with Gasteiger partial charge in [-0.25, -0.2) is 0 Å². The fourth-order valence-corrected chi connectivity index (χ4v) is 4.93. The van der Waals surface area contributed by atoms with E-state index in [9.17, 15) is 4.79 Å². The zero-order valence-corrected chi connectivity index (χ0v) is 21.8. The largest absolute Gasteiger partial charge is 0.497 e. The van der Waals surface area contributed by atoms with Crippen LogP contribution in [0.2, 0.25) is 18.1 Å². The Balaban J connectivity index is 3.07. The Morgan fingerprint density at radius 1 is 1.03 bits per heavy atom. The molecule has 0 N–H and O–H groups in total. The van der Waals surface area contributed by atoms with E-state index in [4.69, 9.17) is 13.9 Å². The van der Waals surface area contributed by atoms with Crippen LogP contribution in [0.25, 0.3) is 0 Å². The Morgan fingerprint density at radius 3 is 2.03 bits per heavy atom. The van der Waals surface area contributed by atoms with Gasteiger partial charge in [-0.1, -0.05) is 67.0 Å². The molecule has 0 spiro atoms. The van der Waals surface area contributed by atoms with Gasteiger partial charge >= 0.3 is 0 Å². The van der Waals surface area contributed by atoms with Crippen molar-refractivity contribution in [3.8, 4) is 5.75 Å². The van der Waals surface area contributed by atoms with Crippen molar-refractivity contribution in [2.24, 2.45) is 17.8 Å². The molecule has 0 fully saturated rings. The predicted octanol–water partition coefficient (Wildman–Crippen LogP) is 6.49. The standard InChI is InChI=1S/C25H44O4Si/c1-11-18(2)24(29-30(9,10)25(5,6)7)20(4)23(19(3)16-26)28-17-21-12-14-22(27-8)15-13-21/h12-16,18-20,23-24H,11,17H2,1-10H3/t18-,19+,20+,23+,24+/m0/s1. The molecule has 0 unspecified atom stereocenters. The molecule has 0 amide bonds. The minimum absolute atomic E-state index is 0.0548. The van der Waals surface area contributed by atoms with Gasteiger partial charge < -0.3 is 18.7 Å². The highest BCUT2D eigenvalue weighted by atomic mass is 28.4. The van der Waals surface area contributed by atoms with Crippen LogP contribution in [0, 0.1) is 17.8 Å². The minimum atomic E-state index is -1.96. The molecule has 1 aromatic rings. The minimum Gasteiger partial charge on any atom is -0.497 e. The van der Waals surface area contributed by atoms with Gasteiger partial charge in [-0.3, -0.25) is 0 Å². The van der Waals surface area contributed by atoms with E-state index >= 15 is 0 Å². The summed E-state index contributed by atoms with van der Waals surface area (Å²) in [5, 5.41) is 0.133. The third kappa shape index (κ3) is 7.21. The number of hydrogen-bond acceptors (Lipinski definition) is 4. The van der Waals surface area contributed by atoms with Crippen LogP contribution in [0.4, 0.5) is 0 Å². The van der Waals surface area contributed by atoms with Crippen molar-refractivity contribution in [3.05, 3.63) is 29.8 Å². The van der Waals surface area contributed by atoms with Crippen LogP contribution in [0.3, 0.4) is 0 Å². The fraction of sp³-hybridized carbons (Fsp3) is 0.720. The highest BCUT2D eigenvalue weighted by Crippen LogP contribution is 2.40. The zero-order valence-electron chi connectivity index (χ0n) is 20.8. The van der Waals surface area contributed by atoms with Crippen LogP contribution in [0.15, 0.2) is 24.3 Å². The Labute approximate surface area is 185 Å². The summed E-state index contributed by atoms with van der Waals surface area (Å²) in [6, 6.07) is 7.88. The first-order chi connectivity index (χ1) is 13.9. The van der Waals surface area contributed by atoms with Gasteiger partial charge in [0, 0.05) is 11.8 Å². The van der Waals surface area contributed by atoms with Crippen molar-refractivity contribution >= 4 is 14.6 Å². The first-order valence-corrected chi connectivity index (χ1v) is 14.2. The van der Waals surface area contributed by atoms with E-state index in [1.807, 2.05) is 31.2 Å². The van der Waals surface area contributed by atoms with E-state index in [1.165, 1.54) is 0 Å². The third-order valence-electron chi connectivity index (χ3n) is 6.81. The molecule has 1 rings (SSSR count). The van der Waals surface area contributed by atoms with Gasteiger partial charge in [0.2, 0.25) is 0 Å². The van der Waals surface area contributed by atoms with Crippen molar-refractivity contribution in [2.45, 2.75) is 91.8 Å². The van der Waals surface area contributed by atoms with Gasteiger partial charge in [0.1, 0.15) is 12.0 Å². The topological polar surface area (TPSA) is 44.8 Å². The number of carbonyl (C=O) groups is 1. The molecule has 0 bridgehead atoms. The van der Waals surface area contributed by atoms with Crippen LogP contribution >= 0.6 is 0 Å². The molecular weight excluding hydrogens is 392 g/mol. The number of carbonyl (C=O) groups excluding carboxylic acids is 1. The summed E-state index contributed by atoms with van der Waals surface area (Å²) in [6.07, 6.45) is 1.90. The highest BCUT2D eigenvalue weighted by Gasteiger charge is 2.43. The van der Waals surface area contributed by atoms with Gasteiger partial charge in [0.25, 0.3) is 0 Å². The van der Waals surface area contributed by atoms with Crippen molar-refractivity contribution < 1.29 is 18.7 Å². The monoisotopic (exact) mass is 436 g/mol. The van der Waals surface area contributed by atoms with E-state index in [0.717, 1.165) is 24.0 Å². The summed E-state index contributed by atoms with van der Waals surface area (Å²) in [4.78, 5) is 11.7. The second kappa shape index (κ2) is 11.4. The molecule has 172 valence electrons. The number of methoxy groups -OCH3 is 1. The summed E-state index contributed by atoms with van der Waals surface area (Å²) in [5.41, 5.74) is 1.07.